The van der Waals surface area contributed by atoms with Crippen LogP contribution in [0.25, 0.3) is 11.1 Å². The minimum Gasteiger partial charge on any atom is -0.477 e. The number of halogens is 2. The van der Waals surface area contributed by atoms with E-state index in [0.29, 0.717) is 12.8 Å². The average molecular weight is 487 g/mol. The summed E-state index contributed by atoms with van der Waals surface area (Å²) in [5.74, 6) is -7.82. The monoisotopic (exact) mass is 486 g/mol. The Bertz CT molecular complexity index is 1100. The molecule has 0 aliphatic heterocycles. The van der Waals surface area contributed by atoms with Crippen molar-refractivity contribution in [1.29, 1.82) is 0 Å². The van der Waals surface area contributed by atoms with Crippen LogP contribution in [-0.4, -0.2) is 47.2 Å². The van der Waals surface area contributed by atoms with Gasteiger partial charge in [0.15, 0.2) is 0 Å². The lowest BCUT2D eigenvalue weighted by atomic mass is 9.98. The van der Waals surface area contributed by atoms with Crippen LogP contribution in [0.3, 0.4) is 0 Å². The molecule has 3 N–H and O–H groups in total. The van der Waals surface area contributed by atoms with Gasteiger partial charge in [0.05, 0.1) is 0 Å². The number of nitrogens with one attached hydrogen (secondary N) is 2. The fourth-order valence-corrected chi connectivity index (χ4v) is 4.65. The summed E-state index contributed by atoms with van der Waals surface area (Å²) in [6.07, 6.45) is -0.208. The van der Waals surface area contributed by atoms with Crippen molar-refractivity contribution in [2.24, 2.45) is 5.92 Å². The van der Waals surface area contributed by atoms with Crippen LogP contribution in [0.1, 0.15) is 50.2 Å². The topological polar surface area (TPSA) is 105 Å². The second-order valence-electron chi connectivity index (χ2n) is 9.82. The molecule has 2 amide bonds. The van der Waals surface area contributed by atoms with Crippen LogP contribution >= 0.6 is 0 Å². The Kier molecular flexibility index (Phi) is 6.53. The molecule has 1 unspecified atom stereocenters. The van der Waals surface area contributed by atoms with Gasteiger partial charge in [-0.25, -0.2) is 9.59 Å². The van der Waals surface area contributed by atoms with Crippen LogP contribution in [0.4, 0.5) is 13.6 Å². The first kappa shape index (κ1) is 24.6. The van der Waals surface area contributed by atoms with Crippen LogP contribution in [0, 0.1) is 5.92 Å². The smallest absolute Gasteiger partial charge is 0.407 e. The summed E-state index contributed by atoms with van der Waals surface area (Å²) in [6.45, 7) is 3.22. The maximum Gasteiger partial charge on any atom is 0.407 e. The molecule has 0 spiro atoms. The van der Waals surface area contributed by atoms with Crippen LogP contribution in [0.15, 0.2) is 48.5 Å². The van der Waals surface area contributed by atoms with Crippen LogP contribution in [0.5, 0.6) is 0 Å². The molecule has 7 nitrogen and oxygen atoms in total. The van der Waals surface area contributed by atoms with Gasteiger partial charge in [-0.1, -0.05) is 48.5 Å². The zero-order valence-electron chi connectivity index (χ0n) is 19.5. The third kappa shape index (κ3) is 5.28. The highest BCUT2D eigenvalue weighted by molar-refractivity contribution is 5.82. The van der Waals surface area contributed by atoms with Gasteiger partial charge < -0.3 is 20.5 Å². The molecule has 0 heterocycles. The second-order valence-corrected chi connectivity index (χ2v) is 9.82. The van der Waals surface area contributed by atoms with Gasteiger partial charge in [0.2, 0.25) is 5.91 Å². The van der Waals surface area contributed by atoms with E-state index in [1.54, 1.807) is 13.8 Å². The molecule has 186 valence electrons. The molecule has 2 aliphatic rings. The SMILES string of the molecule is CC(C)(CC(=O)NC(C1CC1)C(F)(F)C(=O)O)NC(=O)OCC1c2ccccc2-c2ccccc21. The van der Waals surface area contributed by atoms with Crippen LogP contribution in [0.2, 0.25) is 0 Å². The number of hydrogen-bond donors (Lipinski definition) is 3. The predicted octanol–water partition coefficient (Wildman–Crippen LogP) is 4.31. The lowest BCUT2D eigenvalue weighted by molar-refractivity contribution is -0.171. The lowest BCUT2D eigenvalue weighted by Gasteiger charge is -2.29. The number of benzene rings is 2. The molecule has 0 radical (unpaired) electrons. The number of aliphatic carboxylic acids is 1. The van der Waals surface area contributed by atoms with Gasteiger partial charge in [0.25, 0.3) is 0 Å². The lowest BCUT2D eigenvalue weighted by Crippen LogP contribution is -2.55. The highest BCUT2D eigenvalue weighted by Gasteiger charge is 2.54. The molecule has 9 heteroatoms. The number of carboxylic acids is 1. The van der Waals surface area contributed by atoms with E-state index in [1.807, 2.05) is 48.5 Å². The first-order valence-electron chi connectivity index (χ1n) is 11.5. The minimum atomic E-state index is -4.07. The van der Waals surface area contributed by atoms with Crippen molar-refractivity contribution in [3.8, 4) is 11.1 Å². The summed E-state index contributed by atoms with van der Waals surface area (Å²) in [5, 5.41) is 13.6. The summed E-state index contributed by atoms with van der Waals surface area (Å²) < 4.78 is 33.6. The molecule has 4 rings (SSSR count). The third-order valence-corrected chi connectivity index (χ3v) is 6.47. The van der Waals surface area contributed by atoms with E-state index in [-0.39, 0.29) is 18.9 Å². The summed E-state index contributed by atoms with van der Waals surface area (Å²) in [6, 6.07) is 14.1. The van der Waals surface area contributed by atoms with Crippen molar-refractivity contribution in [3.63, 3.8) is 0 Å². The van der Waals surface area contributed by atoms with Gasteiger partial charge in [0, 0.05) is 17.9 Å². The maximum atomic E-state index is 14.1. The summed E-state index contributed by atoms with van der Waals surface area (Å²) >= 11 is 0. The number of rotatable bonds is 9. The normalized spacial score (nSPS) is 16.1. The fourth-order valence-electron chi connectivity index (χ4n) is 4.65. The number of carbonyl (C=O) groups excluding carboxylic acids is 2. The molecule has 0 bridgehead atoms. The van der Waals surface area contributed by atoms with E-state index in [4.69, 9.17) is 9.84 Å². The number of fused-ring (bicyclic) bond motifs is 3. The van der Waals surface area contributed by atoms with Gasteiger partial charge in [-0.15, -0.1) is 0 Å². The van der Waals surface area contributed by atoms with Crippen LogP contribution in [-0.2, 0) is 14.3 Å². The highest BCUT2D eigenvalue weighted by Crippen LogP contribution is 2.44. The largest absolute Gasteiger partial charge is 0.477 e. The fraction of sp³-hybridized carbons (Fsp3) is 0.423. The molecule has 1 atom stereocenters. The van der Waals surface area contributed by atoms with Gasteiger partial charge in [-0.3, -0.25) is 4.79 Å². The molecule has 2 aliphatic carbocycles. The Labute approximate surface area is 201 Å². The van der Waals surface area contributed by atoms with E-state index in [0.717, 1.165) is 22.3 Å². The molecular formula is C26H28F2N2O5. The van der Waals surface area contributed by atoms with Gasteiger partial charge in [-0.2, -0.15) is 8.78 Å². The predicted molar refractivity (Wildman–Crippen MR) is 124 cm³/mol. The Hall–Kier alpha value is -3.49. The number of carboxylic acid groups (broad SMARTS) is 1. The van der Waals surface area contributed by atoms with Crippen molar-refractivity contribution in [3.05, 3.63) is 59.7 Å². The van der Waals surface area contributed by atoms with E-state index in [2.05, 4.69) is 10.6 Å². The number of alkyl carbamates (subject to hydrolysis) is 1. The summed E-state index contributed by atoms with van der Waals surface area (Å²) in [7, 11) is 0. The Morgan fingerprint density at radius 2 is 1.57 bits per heavy atom. The standard InChI is InChI=1S/C26H28F2N2O5/c1-25(2,13-21(31)29-22(15-11-12-15)26(27,28)23(32)33)30-24(34)35-14-20-18-9-5-3-7-16(18)17-8-4-6-10-19(17)20/h3-10,15,20,22H,11-14H2,1-2H3,(H,29,31)(H,30,34)(H,32,33). The first-order chi connectivity index (χ1) is 16.5. The van der Waals surface area contributed by atoms with Gasteiger partial charge in [0.1, 0.15) is 12.6 Å². The quantitative estimate of drug-likeness (QED) is 0.490. The second kappa shape index (κ2) is 9.28. The van der Waals surface area contributed by atoms with Crippen molar-refractivity contribution in [2.75, 3.05) is 6.61 Å². The van der Waals surface area contributed by atoms with Crippen molar-refractivity contribution in [1.82, 2.24) is 10.6 Å². The van der Waals surface area contributed by atoms with E-state index < -0.39 is 41.4 Å². The molecular weight excluding hydrogens is 458 g/mol. The molecule has 0 saturated heterocycles. The van der Waals surface area contributed by atoms with Crippen molar-refractivity contribution < 1.29 is 33.0 Å². The zero-order chi connectivity index (χ0) is 25.4. The maximum absolute atomic E-state index is 14.1. The third-order valence-electron chi connectivity index (χ3n) is 6.47. The summed E-state index contributed by atoms with van der Waals surface area (Å²) in [5.41, 5.74) is 3.20. The molecule has 2 aromatic rings. The Morgan fingerprint density at radius 3 is 2.09 bits per heavy atom. The van der Waals surface area contributed by atoms with E-state index in [1.165, 1.54) is 0 Å². The highest BCUT2D eigenvalue weighted by atomic mass is 19.3. The number of hydrogen-bond acceptors (Lipinski definition) is 4. The summed E-state index contributed by atoms with van der Waals surface area (Å²) in [4.78, 5) is 36.0. The number of ether oxygens (including phenoxy) is 1. The van der Waals surface area contributed by atoms with E-state index in [9.17, 15) is 23.2 Å². The van der Waals surface area contributed by atoms with Gasteiger partial charge >= 0.3 is 18.0 Å². The van der Waals surface area contributed by atoms with Crippen molar-refractivity contribution in [2.45, 2.75) is 56.5 Å². The Morgan fingerprint density at radius 1 is 1.03 bits per heavy atom. The molecule has 1 fully saturated rings. The molecule has 35 heavy (non-hydrogen) atoms. The Balaban J connectivity index is 1.34. The zero-order valence-corrected chi connectivity index (χ0v) is 19.5. The minimum absolute atomic E-state index is 0.0940. The molecule has 1 saturated carbocycles. The number of carbonyl (C=O) groups is 3. The van der Waals surface area contributed by atoms with Crippen LogP contribution < -0.4 is 10.6 Å². The average Bonchev–Trinajstić information content (AvgIpc) is 3.57. The number of alkyl halides is 2. The van der Waals surface area contributed by atoms with E-state index >= 15 is 0 Å². The first-order valence-corrected chi connectivity index (χ1v) is 11.5. The van der Waals surface area contributed by atoms with Crippen molar-refractivity contribution >= 4 is 18.0 Å². The number of amides is 2. The molecule has 0 aromatic heterocycles. The molecule has 2 aromatic carbocycles. The van der Waals surface area contributed by atoms with Gasteiger partial charge in [-0.05, 0) is 54.9 Å².